The molecule has 2 aromatic carbocycles. The molecule has 2 aromatic rings. The maximum Gasteiger partial charge on any atom is 0.416 e. The van der Waals surface area contributed by atoms with Gasteiger partial charge in [0.1, 0.15) is 0 Å². The van der Waals surface area contributed by atoms with E-state index in [1.807, 2.05) is 0 Å². The van der Waals surface area contributed by atoms with E-state index in [0.29, 0.717) is 5.56 Å². The second-order valence-corrected chi connectivity index (χ2v) is 5.87. The Morgan fingerprint density at radius 2 is 1.37 bits per heavy atom. The van der Waals surface area contributed by atoms with E-state index in [-0.39, 0.29) is 5.56 Å². The summed E-state index contributed by atoms with van der Waals surface area (Å²) in [6.45, 7) is 0. The average molecular weight is 380 g/mol. The van der Waals surface area contributed by atoms with Crippen molar-refractivity contribution >= 4 is 17.7 Å². The Hall–Kier alpha value is -3.16. The first-order valence-electron chi connectivity index (χ1n) is 7.82. The molecule has 0 spiro atoms. The fourth-order valence-corrected chi connectivity index (χ4v) is 2.74. The number of benzene rings is 2. The second kappa shape index (κ2) is 8.03. The van der Waals surface area contributed by atoms with Crippen LogP contribution in [0.25, 0.3) is 0 Å². The first-order valence-corrected chi connectivity index (χ1v) is 7.82. The molecule has 0 fully saturated rings. The van der Waals surface area contributed by atoms with E-state index in [1.54, 1.807) is 18.2 Å². The summed E-state index contributed by atoms with van der Waals surface area (Å²) in [5.41, 5.74) is -0.640. The molecular formula is C19H15F3O5. The Morgan fingerprint density at radius 1 is 0.852 bits per heavy atom. The van der Waals surface area contributed by atoms with Crippen LogP contribution in [0.5, 0.6) is 0 Å². The van der Waals surface area contributed by atoms with Gasteiger partial charge in [-0.3, -0.25) is 14.4 Å². The van der Waals surface area contributed by atoms with Crippen LogP contribution in [0.2, 0.25) is 0 Å². The van der Waals surface area contributed by atoms with Gasteiger partial charge in [0.15, 0.2) is 11.7 Å². The molecule has 0 saturated carbocycles. The third-order valence-corrected chi connectivity index (χ3v) is 4.10. The van der Waals surface area contributed by atoms with Gasteiger partial charge in [0.05, 0.1) is 5.56 Å². The van der Waals surface area contributed by atoms with E-state index in [2.05, 4.69) is 0 Å². The molecule has 142 valence electrons. The summed E-state index contributed by atoms with van der Waals surface area (Å²) in [5, 5.41) is 18.5. The van der Waals surface area contributed by atoms with Gasteiger partial charge in [0, 0.05) is 17.9 Å². The third-order valence-electron chi connectivity index (χ3n) is 4.10. The largest absolute Gasteiger partial charge is 0.481 e. The van der Waals surface area contributed by atoms with Crippen molar-refractivity contribution in [3.8, 4) is 0 Å². The normalized spacial score (nSPS) is 12.6. The van der Waals surface area contributed by atoms with Crippen LogP contribution in [0, 0.1) is 5.92 Å². The molecule has 8 heteroatoms. The maximum absolute atomic E-state index is 12.6. The summed E-state index contributed by atoms with van der Waals surface area (Å²) < 4.78 is 37.9. The zero-order valence-corrected chi connectivity index (χ0v) is 13.8. The molecule has 27 heavy (non-hydrogen) atoms. The molecule has 0 aliphatic heterocycles. The van der Waals surface area contributed by atoms with Gasteiger partial charge in [-0.05, 0) is 17.7 Å². The lowest BCUT2D eigenvalue weighted by atomic mass is 9.81. The van der Waals surface area contributed by atoms with E-state index in [0.717, 1.165) is 24.3 Å². The first-order chi connectivity index (χ1) is 12.6. The van der Waals surface area contributed by atoms with Crippen molar-refractivity contribution in [3.63, 3.8) is 0 Å². The number of hydrogen-bond donors (Lipinski definition) is 2. The fourth-order valence-electron chi connectivity index (χ4n) is 2.74. The quantitative estimate of drug-likeness (QED) is 0.562. The van der Waals surface area contributed by atoms with Crippen LogP contribution >= 0.6 is 0 Å². The van der Waals surface area contributed by atoms with Crippen molar-refractivity contribution in [2.45, 2.75) is 18.5 Å². The molecule has 2 rings (SSSR count). The number of aliphatic carboxylic acids is 2. The fraction of sp³-hybridized carbons (Fsp3) is 0.211. The van der Waals surface area contributed by atoms with Gasteiger partial charge in [-0.25, -0.2) is 0 Å². The van der Waals surface area contributed by atoms with E-state index in [1.165, 1.54) is 12.1 Å². The van der Waals surface area contributed by atoms with Crippen LogP contribution in [0.4, 0.5) is 13.2 Å². The number of alkyl halides is 3. The van der Waals surface area contributed by atoms with Gasteiger partial charge in [0.2, 0.25) is 0 Å². The van der Waals surface area contributed by atoms with Crippen molar-refractivity contribution in [2.75, 3.05) is 0 Å². The van der Waals surface area contributed by atoms with Gasteiger partial charge in [-0.1, -0.05) is 42.5 Å². The number of ketones is 1. The summed E-state index contributed by atoms with van der Waals surface area (Å²) in [6, 6.07) is 11.3. The Labute approximate surface area is 152 Å². The molecule has 0 saturated heterocycles. The highest BCUT2D eigenvalue weighted by Gasteiger charge is 2.37. The Kier molecular flexibility index (Phi) is 5.99. The number of carbonyl (C=O) groups is 3. The third kappa shape index (κ3) is 4.93. The predicted molar refractivity (Wildman–Crippen MR) is 88.3 cm³/mol. The second-order valence-electron chi connectivity index (χ2n) is 5.87. The van der Waals surface area contributed by atoms with E-state index < -0.39 is 47.7 Å². The molecule has 0 unspecified atom stereocenters. The van der Waals surface area contributed by atoms with E-state index in [9.17, 15) is 37.8 Å². The Morgan fingerprint density at radius 3 is 1.81 bits per heavy atom. The van der Waals surface area contributed by atoms with Gasteiger partial charge < -0.3 is 10.2 Å². The predicted octanol–water partition coefficient (Wildman–Crippen LogP) is 3.85. The molecule has 1 atom stereocenters. The van der Waals surface area contributed by atoms with Gasteiger partial charge in [-0.2, -0.15) is 13.2 Å². The zero-order chi connectivity index (χ0) is 20.2. The van der Waals surface area contributed by atoms with Crippen LogP contribution in [0.15, 0.2) is 54.6 Å². The molecule has 2 N–H and O–H groups in total. The summed E-state index contributed by atoms with van der Waals surface area (Å²) in [7, 11) is 0. The van der Waals surface area contributed by atoms with Crippen LogP contribution in [-0.2, 0) is 15.8 Å². The summed E-state index contributed by atoms with van der Waals surface area (Å²) in [4.78, 5) is 35.3. The molecule has 0 aliphatic carbocycles. The van der Waals surface area contributed by atoms with E-state index in [4.69, 9.17) is 0 Å². The SMILES string of the molecule is O=C(C[C@H](c1ccccc1)C(C(=O)O)C(=O)O)c1ccc(C(F)(F)F)cc1. The van der Waals surface area contributed by atoms with Crippen molar-refractivity contribution in [1.29, 1.82) is 0 Å². The van der Waals surface area contributed by atoms with Gasteiger partial charge >= 0.3 is 18.1 Å². The topological polar surface area (TPSA) is 91.7 Å². The van der Waals surface area contributed by atoms with Gasteiger partial charge in [-0.15, -0.1) is 0 Å². The minimum atomic E-state index is -4.55. The van der Waals surface area contributed by atoms with Crippen molar-refractivity contribution in [3.05, 3.63) is 71.3 Å². The lowest BCUT2D eigenvalue weighted by Crippen LogP contribution is -2.31. The summed E-state index contributed by atoms with van der Waals surface area (Å²) >= 11 is 0. The molecule has 0 bridgehead atoms. The lowest BCUT2D eigenvalue weighted by Gasteiger charge is -2.21. The van der Waals surface area contributed by atoms with Crippen molar-refractivity contribution in [1.82, 2.24) is 0 Å². The highest BCUT2D eigenvalue weighted by molar-refractivity contribution is 5.99. The van der Waals surface area contributed by atoms with Gasteiger partial charge in [0.25, 0.3) is 0 Å². The number of rotatable bonds is 7. The van der Waals surface area contributed by atoms with Crippen molar-refractivity contribution in [2.24, 2.45) is 5.92 Å². The minimum absolute atomic E-state index is 0.0570. The first kappa shape index (κ1) is 20.2. The zero-order valence-electron chi connectivity index (χ0n) is 13.8. The number of halogens is 3. The van der Waals surface area contributed by atoms with Crippen molar-refractivity contribution < 1.29 is 37.8 Å². The molecule has 0 aromatic heterocycles. The lowest BCUT2D eigenvalue weighted by molar-refractivity contribution is -0.155. The number of carbonyl (C=O) groups excluding carboxylic acids is 1. The molecule has 5 nitrogen and oxygen atoms in total. The van der Waals surface area contributed by atoms with E-state index >= 15 is 0 Å². The molecule has 0 aliphatic rings. The highest BCUT2D eigenvalue weighted by atomic mass is 19.4. The minimum Gasteiger partial charge on any atom is -0.481 e. The number of carboxylic acid groups (broad SMARTS) is 2. The van der Waals surface area contributed by atoms with Crippen LogP contribution in [0.1, 0.15) is 33.8 Å². The number of hydrogen-bond acceptors (Lipinski definition) is 3. The molecule has 0 radical (unpaired) electrons. The average Bonchev–Trinajstić information content (AvgIpc) is 2.60. The maximum atomic E-state index is 12.6. The Balaban J connectivity index is 2.33. The monoisotopic (exact) mass is 380 g/mol. The molecule has 0 heterocycles. The smallest absolute Gasteiger partial charge is 0.416 e. The summed E-state index contributed by atoms with van der Waals surface area (Å²) in [6.07, 6.45) is -5.02. The van der Waals surface area contributed by atoms with Crippen LogP contribution < -0.4 is 0 Å². The molecule has 0 amide bonds. The number of carboxylic acids is 2. The standard InChI is InChI=1S/C19H15F3O5/c20-19(21,22)13-8-6-12(7-9-13)15(23)10-14(11-4-2-1-3-5-11)16(17(24)25)18(26)27/h1-9,14,16H,10H2,(H,24,25)(H,26,27)/t14-/m1/s1. The number of Topliss-reactive ketones (excluding diaryl/α,β-unsaturated/α-hetero) is 1. The highest BCUT2D eigenvalue weighted by Crippen LogP contribution is 2.32. The van der Waals surface area contributed by atoms with Crippen LogP contribution in [0.3, 0.4) is 0 Å². The van der Waals surface area contributed by atoms with Crippen LogP contribution in [-0.4, -0.2) is 27.9 Å². The summed E-state index contributed by atoms with van der Waals surface area (Å²) in [5.74, 6) is -6.89. The Bertz CT molecular complexity index is 815. The molecular weight excluding hydrogens is 365 g/mol.